The van der Waals surface area contributed by atoms with E-state index in [0.29, 0.717) is 6.04 Å². The van der Waals surface area contributed by atoms with E-state index in [9.17, 15) is 4.39 Å². The van der Waals surface area contributed by atoms with Gasteiger partial charge in [-0.3, -0.25) is 0 Å². The maximum Gasteiger partial charge on any atom is 0.107 e. The van der Waals surface area contributed by atoms with Gasteiger partial charge in [0.15, 0.2) is 0 Å². The molecule has 3 nitrogen and oxygen atoms in total. The van der Waals surface area contributed by atoms with E-state index in [1.807, 2.05) is 12.1 Å². The van der Waals surface area contributed by atoms with Crippen molar-refractivity contribution >= 4 is 0 Å². The normalized spacial score (nSPS) is 22.9. The molecule has 3 atom stereocenters. The molecule has 3 unspecified atom stereocenters. The van der Waals surface area contributed by atoms with Crippen LogP contribution in [0.15, 0.2) is 24.3 Å². The molecular weight excluding hydrogens is 231 g/mol. The van der Waals surface area contributed by atoms with Crippen LogP contribution < -0.4 is 11.1 Å². The van der Waals surface area contributed by atoms with Crippen LogP contribution in [-0.2, 0) is 4.74 Å². The Morgan fingerprint density at radius 3 is 2.67 bits per heavy atom. The van der Waals surface area contributed by atoms with Gasteiger partial charge in [0.1, 0.15) is 6.67 Å². The molecule has 0 aromatic heterocycles. The minimum atomic E-state index is -0.606. The molecule has 1 aromatic rings. The van der Waals surface area contributed by atoms with Crippen molar-refractivity contribution < 1.29 is 9.13 Å². The monoisotopic (exact) mass is 252 g/mol. The molecule has 0 amide bonds. The third-order valence-corrected chi connectivity index (χ3v) is 3.55. The van der Waals surface area contributed by atoms with E-state index in [1.165, 1.54) is 18.4 Å². The molecule has 100 valence electrons. The number of hydrogen-bond acceptors (Lipinski definition) is 3. The minimum absolute atomic E-state index is 0.374. The van der Waals surface area contributed by atoms with E-state index >= 15 is 0 Å². The zero-order valence-electron chi connectivity index (χ0n) is 10.7. The second kappa shape index (κ2) is 6.27. The van der Waals surface area contributed by atoms with Gasteiger partial charge in [0.25, 0.3) is 0 Å². The molecule has 0 saturated carbocycles. The Hall–Kier alpha value is -0.970. The Labute approximate surface area is 108 Å². The molecule has 1 aliphatic heterocycles. The molecule has 1 aromatic carbocycles. The van der Waals surface area contributed by atoms with Crippen LogP contribution in [0.4, 0.5) is 4.39 Å². The van der Waals surface area contributed by atoms with Crippen LogP contribution in [-0.4, -0.2) is 26.4 Å². The van der Waals surface area contributed by atoms with Crippen molar-refractivity contribution in [2.45, 2.75) is 31.0 Å². The SMILES string of the molecule is COC(c1ccc(C2CCCN2)cc1)C(N)CF. The fraction of sp³-hybridized carbons (Fsp3) is 0.571. The number of benzene rings is 1. The van der Waals surface area contributed by atoms with Gasteiger partial charge in [-0.15, -0.1) is 0 Å². The Morgan fingerprint density at radius 2 is 2.17 bits per heavy atom. The van der Waals surface area contributed by atoms with E-state index in [0.717, 1.165) is 12.1 Å². The molecule has 1 fully saturated rings. The first kappa shape index (κ1) is 13.5. The highest BCUT2D eigenvalue weighted by atomic mass is 19.1. The molecule has 1 aliphatic rings. The predicted molar refractivity (Wildman–Crippen MR) is 70.1 cm³/mol. The van der Waals surface area contributed by atoms with Crippen molar-refractivity contribution in [3.63, 3.8) is 0 Å². The number of rotatable bonds is 5. The first-order valence-corrected chi connectivity index (χ1v) is 6.44. The van der Waals surface area contributed by atoms with Crippen LogP contribution in [0.5, 0.6) is 0 Å². The van der Waals surface area contributed by atoms with Crippen molar-refractivity contribution in [1.82, 2.24) is 5.32 Å². The average molecular weight is 252 g/mol. The zero-order valence-corrected chi connectivity index (χ0v) is 10.7. The lowest BCUT2D eigenvalue weighted by molar-refractivity contribution is 0.0720. The Kier molecular flexibility index (Phi) is 4.69. The number of alkyl halides is 1. The fourth-order valence-electron chi connectivity index (χ4n) is 2.53. The largest absolute Gasteiger partial charge is 0.375 e. The second-order valence-corrected chi connectivity index (χ2v) is 4.79. The van der Waals surface area contributed by atoms with Crippen LogP contribution in [0.25, 0.3) is 0 Å². The van der Waals surface area contributed by atoms with Gasteiger partial charge in [0, 0.05) is 13.2 Å². The van der Waals surface area contributed by atoms with Gasteiger partial charge in [0.05, 0.1) is 12.1 Å². The molecule has 0 radical (unpaired) electrons. The maximum absolute atomic E-state index is 12.6. The Bertz CT molecular complexity index is 363. The Morgan fingerprint density at radius 1 is 1.44 bits per heavy atom. The lowest BCUT2D eigenvalue weighted by Gasteiger charge is -2.21. The fourth-order valence-corrected chi connectivity index (χ4v) is 2.53. The topological polar surface area (TPSA) is 47.3 Å². The summed E-state index contributed by atoms with van der Waals surface area (Å²) < 4.78 is 17.9. The first-order chi connectivity index (χ1) is 8.76. The van der Waals surface area contributed by atoms with E-state index < -0.39 is 12.7 Å². The molecule has 0 aliphatic carbocycles. The Balaban J connectivity index is 2.10. The maximum atomic E-state index is 12.6. The third-order valence-electron chi connectivity index (χ3n) is 3.55. The number of ether oxygens (including phenoxy) is 1. The lowest BCUT2D eigenvalue weighted by Crippen LogP contribution is -2.31. The molecule has 1 saturated heterocycles. The number of nitrogens with one attached hydrogen (secondary N) is 1. The van der Waals surface area contributed by atoms with Gasteiger partial charge < -0.3 is 15.8 Å². The quantitative estimate of drug-likeness (QED) is 0.843. The van der Waals surface area contributed by atoms with Gasteiger partial charge in [-0.1, -0.05) is 24.3 Å². The summed E-state index contributed by atoms with van der Waals surface area (Å²) in [6, 6.07) is 7.98. The molecule has 1 heterocycles. The molecule has 18 heavy (non-hydrogen) atoms. The van der Waals surface area contributed by atoms with Gasteiger partial charge >= 0.3 is 0 Å². The smallest absolute Gasteiger partial charge is 0.107 e. The van der Waals surface area contributed by atoms with Crippen LogP contribution in [0.3, 0.4) is 0 Å². The number of nitrogens with two attached hydrogens (primary N) is 1. The standard InChI is InChI=1S/C14H21FN2O/c1-18-14(12(16)9-15)11-6-4-10(5-7-11)13-3-2-8-17-13/h4-7,12-14,17H,2-3,8-9,16H2,1H3. The molecule has 2 rings (SSSR count). The lowest BCUT2D eigenvalue weighted by atomic mass is 9.99. The molecule has 0 bridgehead atoms. The van der Waals surface area contributed by atoms with E-state index in [4.69, 9.17) is 10.5 Å². The van der Waals surface area contributed by atoms with Crippen molar-refractivity contribution in [3.8, 4) is 0 Å². The predicted octanol–water partition coefficient (Wildman–Crippen LogP) is 2.10. The zero-order chi connectivity index (χ0) is 13.0. The van der Waals surface area contributed by atoms with E-state index in [2.05, 4.69) is 17.4 Å². The summed E-state index contributed by atoms with van der Waals surface area (Å²) in [6.07, 6.45) is 2.03. The third kappa shape index (κ3) is 2.88. The van der Waals surface area contributed by atoms with Gasteiger partial charge in [0.2, 0.25) is 0 Å². The highest BCUT2D eigenvalue weighted by molar-refractivity contribution is 5.27. The summed E-state index contributed by atoms with van der Waals surface area (Å²) in [6.45, 7) is 0.504. The number of hydrogen-bond donors (Lipinski definition) is 2. The van der Waals surface area contributed by atoms with Crippen molar-refractivity contribution in [2.24, 2.45) is 5.73 Å². The number of halogens is 1. The summed E-state index contributed by atoms with van der Waals surface area (Å²) in [5, 5.41) is 3.45. The highest BCUT2D eigenvalue weighted by Gasteiger charge is 2.20. The van der Waals surface area contributed by atoms with Crippen LogP contribution in [0.2, 0.25) is 0 Å². The summed E-state index contributed by atoms with van der Waals surface area (Å²) in [7, 11) is 1.56. The second-order valence-electron chi connectivity index (χ2n) is 4.79. The van der Waals surface area contributed by atoms with Crippen molar-refractivity contribution in [3.05, 3.63) is 35.4 Å². The van der Waals surface area contributed by atoms with Crippen molar-refractivity contribution in [2.75, 3.05) is 20.3 Å². The van der Waals surface area contributed by atoms with Crippen LogP contribution in [0.1, 0.15) is 36.1 Å². The summed E-state index contributed by atoms with van der Waals surface area (Å²) in [5.41, 5.74) is 7.92. The molecule has 3 N–H and O–H groups in total. The molecular formula is C14H21FN2O. The van der Waals surface area contributed by atoms with E-state index in [1.54, 1.807) is 7.11 Å². The molecule has 0 spiro atoms. The van der Waals surface area contributed by atoms with Crippen LogP contribution in [0, 0.1) is 0 Å². The average Bonchev–Trinajstić information content (AvgIpc) is 2.94. The van der Waals surface area contributed by atoms with Crippen molar-refractivity contribution in [1.29, 1.82) is 0 Å². The van der Waals surface area contributed by atoms with Gasteiger partial charge in [-0.2, -0.15) is 0 Å². The summed E-state index contributed by atoms with van der Waals surface area (Å²) in [5.74, 6) is 0. The molecule has 4 heteroatoms. The summed E-state index contributed by atoms with van der Waals surface area (Å²) in [4.78, 5) is 0. The summed E-state index contributed by atoms with van der Waals surface area (Å²) >= 11 is 0. The van der Waals surface area contributed by atoms with E-state index in [-0.39, 0.29) is 6.10 Å². The highest BCUT2D eigenvalue weighted by Crippen LogP contribution is 2.26. The first-order valence-electron chi connectivity index (χ1n) is 6.44. The van der Waals surface area contributed by atoms with Crippen LogP contribution >= 0.6 is 0 Å². The van der Waals surface area contributed by atoms with Gasteiger partial charge in [-0.05, 0) is 30.5 Å². The number of methoxy groups -OCH3 is 1. The minimum Gasteiger partial charge on any atom is -0.375 e. The van der Waals surface area contributed by atoms with Gasteiger partial charge in [-0.25, -0.2) is 4.39 Å².